The van der Waals surface area contributed by atoms with Crippen LogP contribution in [0.1, 0.15) is 27.4 Å². The Morgan fingerprint density at radius 3 is 2.71 bits per heavy atom. The smallest absolute Gasteiger partial charge is 0.358 e. The molecule has 130 valence electrons. The second-order valence-corrected chi connectivity index (χ2v) is 6.35. The molecule has 2 aliphatic heterocycles. The minimum Gasteiger partial charge on any atom is -0.358 e. The van der Waals surface area contributed by atoms with Crippen LogP contribution in [0.3, 0.4) is 0 Å². The number of carbonyl (C=O) groups is 2. The molecule has 1 aromatic rings. The van der Waals surface area contributed by atoms with Crippen molar-refractivity contribution in [1.29, 1.82) is 0 Å². The maximum atomic E-state index is 13.3. The second-order valence-electron chi connectivity index (χ2n) is 5.88. The molecule has 0 radical (unpaired) electrons. The summed E-state index contributed by atoms with van der Waals surface area (Å²) in [5.41, 5.74) is -1.00. The summed E-state index contributed by atoms with van der Waals surface area (Å²) in [5, 5.41) is 2.39. The number of alkyl halides is 3. The molecule has 0 spiro atoms. The van der Waals surface area contributed by atoms with Gasteiger partial charge in [0.1, 0.15) is 6.54 Å². The summed E-state index contributed by atoms with van der Waals surface area (Å²) in [5.74, 6) is -1.58. The van der Waals surface area contributed by atoms with E-state index >= 15 is 0 Å². The van der Waals surface area contributed by atoms with Gasteiger partial charge in [0.2, 0.25) is 5.91 Å². The first-order valence-corrected chi connectivity index (χ1v) is 7.70. The van der Waals surface area contributed by atoms with Crippen LogP contribution in [0.5, 0.6) is 0 Å². The van der Waals surface area contributed by atoms with Crippen LogP contribution >= 0.6 is 11.8 Å². The van der Waals surface area contributed by atoms with Crippen molar-refractivity contribution in [2.45, 2.75) is 18.1 Å². The summed E-state index contributed by atoms with van der Waals surface area (Å²) in [4.78, 5) is 25.7. The Morgan fingerprint density at radius 2 is 2.08 bits per heavy atom. The van der Waals surface area contributed by atoms with E-state index in [1.807, 2.05) is 0 Å². The lowest BCUT2D eigenvalue weighted by molar-refractivity contribution is -0.138. The monoisotopic (exact) mass is 361 g/mol. The first kappa shape index (κ1) is 17.0. The fourth-order valence-corrected chi connectivity index (χ4v) is 3.72. The number of fused-ring (bicyclic) bond motifs is 3. The zero-order valence-electron chi connectivity index (χ0n) is 12.7. The molecule has 2 amide bonds. The molecule has 9 heteroatoms. The van der Waals surface area contributed by atoms with Gasteiger partial charge in [0.15, 0.2) is 0 Å². The Bertz CT molecular complexity index is 695. The molecule has 0 aromatic heterocycles. The van der Waals surface area contributed by atoms with Gasteiger partial charge < -0.3 is 10.2 Å². The molecular weight excluding hydrogens is 347 g/mol. The summed E-state index contributed by atoms with van der Waals surface area (Å²) < 4.78 is 41.5. The van der Waals surface area contributed by atoms with Crippen molar-refractivity contribution in [3.8, 4) is 0 Å². The van der Waals surface area contributed by atoms with E-state index in [1.165, 1.54) is 28.5 Å². The topological polar surface area (TPSA) is 52.7 Å². The molecule has 2 aliphatic rings. The van der Waals surface area contributed by atoms with Gasteiger partial charge in [-0.25, -0.2) is 4.42 Å². The Hall–Kier alpha value is -1.80. The summed E-state index contributed by atoms with van der Waals surface area (Å²) >= 11 is 6.04. The highest BCUT2D eigenvalue weighted by Gasteiger charge is 2.48. The molecule has 1 fully saturated rings. The van der Waals surface area contributed by atoms with Gasteiger partial charge >= 0.3 is 6.18 Å². The van der Waals surface area contributed by atoms with Gasteiger partial charge in [0.25, 0.3) is 5.91 Å². The number of rotatable bonds is 2. The van der Waals surface area contributed by atoms with Gasteiger partial charge in [-0.05, 0) is 23.4 Å². The van der Waals surface area contributed by atoms with Gasteiger partial charge in [-0.2, -0.15) is 13.2 Å². The molecule has 5 nitrogen and oxygen atoms in total. The van der Waals surface area contributed by atoms with E-state index in [0.717, 1.165) is 6.07 Å². The number of nitrogens with one attached hydrogen (secondary N) is 1. The van der Waals surface area contributed by atoms with Crippen LogP contribution < -0.4 is 5.32 Å². The van der Waals surface area contributed by atoms with Gasteiger partial charge in [0.05, 0.1) is 17.2 Å². The van der Waals surface area contributed by atoms with Crippen molar-refractivity contribution in [2.24, 2.45) is 0 Å². The summed E-state index contributed by atoms with van der Waals surface area (Å²) in [6, 6.07) is 3.30. The van der Waals surface area contributed by atoms with Crippen LogP contribution in [0, 0.1) is 0 Å². The van der Waals surface area contributed by atoms with Crippen molar-refractivity contribution in [1.82, 2.24) is 14.6 Å². The standard InChI is InChI=1S/C15H15ClF3N3O2/c1-20-12(23)7-22-11-6-21(16)5-9(11)8-3-2-4-10(15(17,18)19)13(8)14(22)24/h2-4,9,11H,5-7H2,1H3,(H,20,23)/t9-,11+/m1/s1. The number of benzene rings is 1. The Kier molecular flexibility index (Phi) is 4.21. The van der Waals surface area contributed by atoms with Gasteiger partial charge in [-0.3, -0.25) is 9.59 Å². The lowest BCUT2D eigenvalue weighted by atomic mass is 9.82. The number of amides is 2. The average molecular weight is 362 g/mol. The third-order valence-electron chi connectivity index (χ3n) is 4.51. The van der Waals surface area contributed by atoms with Crippen LogP contribution in [-0.4, -0.2) is 53.9 Å². The molecule has 1 N–H and O–H groups in total. The molecule has 2 atom stereocenters. The summed E-state index contributed by atoms with van der Waals surface area (Å²) in [6.07, 6.45) is -4.65. The fraction of sp³-hybridized carbons (Fsp3) is 0.467. The maximum absolute atomic E-state index is 13.3. The third kappa shape index (κ3) is 2.73. The van der Waals surface area contributed by atoms with E-state index < -0.39 is 29.6 Å². The SMILES string of the molecule is CNC(=O)CN1C(=O)c2c(cccc2C(F)(F)F)[C@H]2CN(Cl)C[C@@H]21. The van der Waals surface area contributed by atoms with Crippen LogP contribution in [0.15, 0.2) is 18.2 Å². The van der Waals surface area contributed by atoms with Crippen molar-refractivity contribution in [2.75, 3.05) is 26.7 Å². The van der Waals surface area contributed by atoms with E-state index in [1.54, 1.807) is 0 Å². The average Bonchev–Trinajstić information content (AvgIpc) is 2.91. The van der Waals surface area contributed by atoms with Crippen LogP contribution in [0.2, 0.25) is 0 Å². The predicted octanol–water partition coefficient (Wildman–Crippen LogP) is 1.83. The van der Waals surface area contributed by atoms with Crippen molar-refractivity contribution in [3.05, 3.63) is 34.9 Å². The molecule has 0 bridgehead atoms. The quantitative estimate of drug-likeness (QED) is 0.818. The van der Waals surface area contributed by atoms with Crippen LogP contribution in [-0.2, 0) is 11.0 Å². The third-order valence-corrected chi connectivity index (χ3v) is 4.79. The van der Waals surface area contributed by atoms with E-state index in [4.69, 9.17) is 11.8 Å². The molecule has 0 aliphatic carbocycles. The molecule has 0 unspecified atom stereocenters. The Morgan fingerprint density at radius 1 is 1.38 bits per heavy atom. The highest BCUT2D eigenvalue weighted by Crippen LogP contribution is 2.43. The van der Waals surface area contributed by atoms with E-state index in [0.29, 0.717) is 18.7 Å². The van der Waals surface area contributed by atoms with Crippen molar-refractivity contribution >= 4 is 23.6 Å². The van der Waals surface area contributed by atoms with Crippen molar-refractivity contribution < 1.29 is 22.8 Å². The lowest BCUT2D eigenvalue weighted by Crippen LogP contribution is -2.52. The van der Waals surface area contributed by atoms with E-state index in [-0.39, 0.29) is 18.0 Å². The summed E-state index contributed by atoms with van der Waals surface area (Å²) in [7, 11) is 1.41. The fourth-order valence-electron chi connectivity index (χ4n) is 3.43. The highest BCUT2D eigenvalue weighted by molar-refractivity contribution is 6.13. The number of hydrogen-bond donors (Lipinski definition) is 1. The maximum Gasteiger partial charge on any atom is 0.417 e. The van der Waals surface area contributed by atoms with Gasteiger partial charge in [0, 0.05) is 26.1 Å². The lowest BCUT2D eigenvalue weighted by Gasteiger charge is -2.38. The number of nitrogens with zero attached hydrogens (tertiary/aromatic N) is 2. The van der Waals surface area contributed by atoms with E-state index in [9.17, 15) is 22.8 Å². The molecule has 3 rings (SSSR count). The second kappa shape index (κ2) is 5.93. The van der Waals surface area contributed by atoms with Gasteiger partial charge in [-0.1, -0.05) is 12.1 Å². The first-order chi connectivity index (χ1) is 11.2. The molecule has 0 saturated carbocycles. The van der Waals surface area contributed by atoms with Gasteiger partial charge in [-0.15, -0.1) is 0 Å². The van der Waals surface area contributed by atoms with Crippen LogP contribution in [0.25, 0.3) is 0 Å². The Balaban J connectivity index is 2.13. The van der Waals surface area contributed by atoms with E-state index in [2.05, 4.69) is 5.32 Å². The number of likely N-dealkylation sites (N-methyl/N-ethyl adjacent to an activating group) is 1. The highest BCUT2D eigenvalue weighted by atomic mass is 35.5. The first-order valence-electron chi connectivity index (χ1n) is 7.36. The minimum absolute atomic E-state index is 0.296. The zero-order valence-corrected chi connectivity index (χ0v) is 13.5. The summed E-state index contributed by atoms with van der Waals surface area (Å²) in [6.45, 7) is 0.315. The molecule has 24 heavy (non-hydrogen) atoms. The van der Waals surface area contributed by atoms with Crippen molar-refractivity contribution in [3.63, 3.8) is 0 Å². The normalized spacial score (nSPS) is 23.9. The number of halogens is 4. The molecule has 1 aromatic carbocycles. The Labute approximate surface area is 141 Å². The predicted molar refractivity (Wildman–Crippen MR) is 80.5 cm³/mol. The number of hydrogen-bond acceptors (Lipinski definition) is 3. The largest absolute Gasteiger partial charge is 0.417 e. The zero-order chi connectivity index (χ0) is 17.6. The molecule has 1 saturated heterocycles. The van der Waals surface area contributed by atoms with Crippen LogP contribution in [0.4, 0.5) is 13.2 Å². The molecular formula is C15H15ClF3N3O2. The number of carbonyl (C=O) groups excluding carboxylic acids is 2. The molecule has 2 heterocycles. The minimum atomic E-state index is -4.65.